The Bertz CT molecular complexity index is 2200. The third-order valence-corrected chi connectivity index (χ3v) is 12.1. The van der Waals surface area contributed by atoms with Crippen LogP contribution in [-0.2, 0) is 39.0 Å². The summed E-state index contributed by atoms with van der Waals surface area (Å²) in [4.78, 5) is 25.6. The quantitative estimate of drug-likeness (QED) is 0.171. The number of aromatic nitrogens is 4. The summed E-state index contributed by atoms with van der Waals surface area (Å²) < 4.78 is 65.6. The number of anilines is 4. The predicted octanol–water partition coefficient (Wildman–Crippen LogP) is 4.85. The van der Waals surface area contributed by atoms with Gasteiger partial charge in [0, 0.05) is 69.3 Å². The van der Waals surface area contributed by atoms with Gasteiger partial charge < -0.3 is 33.6 Å². The van der Waals surface area contributed by atoms with Crippen molar-refractivity contribution in [2.24, 2.45) is 0 Å². The molecule has 2 saturated heterocycles. The van der Waals surface area contributed by atoms with Crippen molar-refractivity contribution in [1.29, 1.82) is 0 Å². The highest BCUT2D eigenvalue weighted by Crippen LogP contribution is 2.41. The first-order valence-electron chi connectivity index (χ1n) is 18.5. The van der Waals surface area contributed by atoms with Gasteiger partial charge in [-0.2, -0.15) is 9.29 Å². The normalized spacial score (nSPS) is 16.1. The largest absolute Gasteiger partial charge is 0.497 e. The Morgan fingerprint density at radius 3 is 1.93 bits per heavy atom. The molecule has 2 fully saturated rings. The van der Waals surface area contributed by atoms with E-state index in [2.05, 4.69) is 9.80 Å². The Labute approximate surface area is 325 Å². The number of benzene rings is 3. The summed E-state index contributed by atoms with van der Waals surface area (Å²) in [6, 6.07) is 19.9. The molecular formula is C40H43FN8O6S. The van der Waals surface area contributed by atoms with E-state index in [0.717, 1.165) is 34.3 Å². The second-order valence-corrected chi connectivity index (χ2v) is 15.6. The summed E-state index contributed by atoms with van der Waals surface area (Å²) in [5.41, 5.74) is 4.56. The fourth-order valence-electron chi connectivity index (χ4n) is 7.13. The number of hydrogen-bond donors (Lipinski definition) is 0. The molecule has 0 aliphatic carbocycles. The van der Waals surface area contributed by atoms with Gasteiger partial charge in [-0.3, -0.25) is 0 Å². The summed E-state index contributed by atoms with van der Waals surface area (Å²) in [5, 5.41) is 0. The average Bonchev–Trinajstić information content (AvgIpc) is 3.68. The Morgan fingerprint density at radius 2 is 1.36 bits per heavy atom. The Kier molecular flexibility index (Phi) is 11.0. The molecule has 0 amide bonds. The molecular weight excluding hydrogens is 740 g/mol. The zero-order chi connectivity index (χ0) is 38.6. The number of ether oxygens (including phenoxy) is 4. The van der Waals surface area contributed by atoms with E-state index in [4.69, 9.17) is 38.9 Å². The van der Waals surface area contributed by atoms with Crippen LogP contribution in [0.4, 0.5) is 27.8 Å². The van der Waals surface area contributed by atoms with Crippen LogP contribution in [0.3, 0.4) is 0 Å². The lowest BCUT2D eigenvalue weighted by atomic mass is 10.1. The first-order valence-corrected chi connectivity index (χ1v) is 20.0. The van der Waals surface area contributed by atoms with E-state index in [-0.39, 0.29) is 23.7 Å². The van der Waals surface area contributed by atoms with Crippen LogP contribution in [0.5, 0.6) is 11.5 Å². The summed E-state index contributed by atoms with van der Waals surface area (Å²) >= 11 is 0. The second kappa shape index (κ2) is 16.4. The molecule has 0 saturated carbocycles. The van der Waals surface area contributed by atoms with Crippen LogP contribution in [0.1, 0.15) is 16.7 Å². The molecule has 0 N–H and O–H groups in total. The SMILES string of the molecule is COc1ccc(CN(Cc2ccc(OC)cc2)c2ncc(-c3nc(N4CCOCC4)nc4c3CCN4c3ccc(S(=O)(=O)N4CCOCC4)cc3F)cn2)cc1. The van der Waals surface area contributed by atoms with Gasteiger partial charge in [-0.25, -0.2) is 27.8 Å². The molecule has 0 radical (unpaired) electrons. The first kappa shape index (κ1) is 37.5. The van der Waals surface area contributed by atoms with Crippen molar-refractivity contribution >= 4 is 33.4 Å². The monoisotopic (exact) mass is 782 g/mol. The molecule has 3 aromatic carbocycles. The summed E-state index contributed by atoms with van der Waals surface area (Å²) in [6.45, 7) is 4.84. The maximum absolute atomic E-state index is 16.0. The van der Waals surface area contributed by atoms with Gasteiger partial charge in [0.25, 0.3) is 0 Å². The lowest BCUT2D eigenvalue weighted by Crippen LogP contribution is -2.40. The van der Waals surface area contributed by atoms with E-state index in [1.807, 2.05) is 48.5 Å². The maximum atomic E-state index is 16.0. The van der Waals surface area contributed by atoms with Crippen molar-refractivity contribution in [3.05, 3.63) is 102 Å². The van der Waals surface area contributed by atoms with Crippen molar-refractivity contribution in [1.82, 2.24) is 24.2 Å². The second-order valence-electron chi connectivity index (χ2n) is 13.6. The molecule has 0 unspecified atom stereocenters. The van der Waals surface area contributed by atoms with Gasteiger partial charge in [0.1, 0.15) is 23.1 Å². The average molecular weight is 783 g/mol. The van der Waals surface area contributed by atoms with Gasteiger partial charge in [0.2, 0.25) is 21.9 Å². The van der Waals surface area contributed by atoms with Crippen LogP contribution in [-0.4, -0.2) is 106 Å². The highest BCUT2D eigenvalue weighted by Gasteiger charge is 2.32. The number of morpholine rings is 2. The molecule has 3 aliphatic rings. The minimum absolute atomic E-state index is 0.0947. The zero-order valence-electron chi connectivity index (χ0n) is 31.3. The molecule has 0 spiro atoms. The van der Waals surface area contributed by atoms with Gasteiger partial charge in [-0.05, 0) is 60.0 Å². The van der Waals surface area contributed by atoms with E-state index in [1.54, 1.807) is 31.5 Å². The fraction of sp³-hybridized carbons (Fsp3) is 0.350. The van der Waals surface area contributed by atoms with Crippen molar-refractivity contribution < 1.29 is 31.8 Å². The molecule has 292 valence electrons. The lowest BCUT2D eigenvalue weighted by molar-refractivity contribution is 0.0730. The van der Waals surface area contributed by atoms with Crippen LogP contribution in [0.2, 0.25) is 0 Å². The molecule has 8 rings (SSSR count). The summed E-state index contributed by atoms with van der Waals surface area (Å²) in [6.07, 6.45) is 4.08. The van der Waals surface area contributed by atoms with Gasteiger partial charge in [-0.15, -0.1) is 0 Å². The molecule has 3 aliphatic heterocycles. The number of methoxy groups -OCH3 is 2. The number of fused-ring (bicyclic) bond motifs is 1. The van der Waals surface area contributed by atoms with Crippen molar-refractivity contribution in [2.45, 2.75) is 24.4 Å². The first-order chi connectivity index (χ1) is 27.3. The maximum Gasteiger partial charge on any atom is 0.243 e. The minimum atomic E-state index is -3.88. The van der Waals surface area contributed by atoms with Gasteiger partial charge >= 0.3 is 0 Å². The van der Waals surface area contributed by atoms with Crippen LogP contribution in [0.25, 0.3) is 11.3 Å². The van der Waals surface area contributed by atoms with E-state index in [0.29, 0.717) is 94.5 Å². The molecule has 0 bridgehead atoms. The number of sulfonamides is 1. The Morgan fingerprint density at radius 1 is 0.768 bits per heavy atom. The predicted molar refractivity (Wildman–Crippen MR) is 209 cm³/mol. The van der Waals surface area contributed by atoms with Crippen LogP contribution in [0, 0.1) is 5.82 Å². The van der Waals surface area contributed by atoms with Crippen LogP contribution in [0.15, 0.2) is 84.0 Å². The molecule has 2 aromatic heterocycles. The number of halogens is 1. The number of nitrogens with zero attached hydrogens (tertiary/aromatic N) is 8. The molecule has 14 nitrogen and oxygen atoms in total. The highest BCUT2D eigenvalue weighted by molar-refractivity contribution is 7.89. The molecule has 5 aromatic rings. The molecule has 56 heavy (non-hydrogen) atoms. The van der Waals surface area contributed by atoms with E-state index < -0.39 is 15.8 Å². The number of rotatable bonds is 12. The molecule has 16 heteroatoms. The fourth-order valence-corrected chi connectivity index (χ4v) is 8.55. The lowest BCUT2D eigenvalue weighted by Gasteiger charge is -2.29. The smallest absolute Gasteiger partial charge is 0.243 e. The highest BCUT2D eigenvalue weighted by atomic mass is 32.2. The summed E-state index contributed by atoms with van der Waals surface area (Å²) in [7, 11) is -0.587. The van der Waals surface area contributed by atoms with E-state index in [9.17, 15) is 8.42 Å². The zero-order valence-corrected chi connectivity index (χ0v) is 32.1. The Balaban J connectivity index is 1.12. The topological polar surface area (TPSA) is 136 Å². The van der Waals surface area contributed by atoms with Crippen molar-refractivity contribution in [3.8, 4) is 22.8 Å². The minimum Gasteiger partial charge on any atom is -0.497 e. The summed E-state index contributed by atoms with van der Waals surface area (Å²) in [5.74, 6) is 2.49. The molecule has 0 atom stereocenters. The third-order valence-electron chi connectivity index (χ3n) is 10.2. The Hall–Kier alpha value is -5.42. The number of hydrogen-bond acceptors (Lipinski definition) is 13. The van der Waals surface area contributed by atoms with Gasteiger partial charge in [0.05, 0.1) is 56.9 Å². The van der Waals surface area contributed by atoms with Crippen molar-refractivity contribution in [2.75, 3.05) is 88.1 Å². The van der Waals surface area contributed by atoms with E-state index in [1.165, 1.54) is 16.4 Å². The van der Waals surface area contributed by atoms with Crippen LogP contribution < -0.4 is 24.2 Å². The molecule has 5 heterocycles. The van der Waals surface area contributed by atoms with Crippen LogP contribution >= 0.6 is 0 Å². The third kappa shape index (κ3) is 7.82. The van der Waals surface area contributed by atoms with Gasteiger partial charge in [-0.1, -0.05) is 24.3 Å². The van der Waals surface area contributed by atoms with E-state index >= 15 is 4.39 Å². The van der Waals surface area contributed by atoms with Gasteiger partial charge in [0.15, 0.2) is 0 Å². The van der Waals surface area contributed by atoms with Crippen molar-refractivity contribution in [3.63, 3.8) is 0 Å². The standard InChI is InChI=1S/C40H43FN8O6S/c1-52-31-7-3-28(4-8-31)26-47(27-29-5-9-32(53-2)10-6-29)39-42-24-30(25-43-39)37-34-13-14-49(38(34)45-40(44-37)46-15-19-54-20-16-46)36-12-11-33(23-35(36)41)56(50,51)48-17-21-55-22-18-48/h3-12,23-25H,13-22,26-27H2,1-2H3.